The van der Waals surface area contributed by atoms with E-state index in [2.05, 4.69) is 119 Å². The Hall–Kier alpha value is -4.32. The van der Waals surface area contributed by atoms with Crippen LogP contribution in [0, 0.1) is 0 Å². The Labute approximate surface area is 351 Å². The SMILES string of the molecule is CCCCCCCCCCCCCCOc1ccc(-c2cc(-c3ccc(-c4cc(-c5ccc(OCCCCCCCCCCCCCC)cc5)n[nH]4)cc3)[nH]n2)cc1. The van der Waals surface area contributed by atoms with Gasteiger partial charge in [0.05, 0.1) is 36.0 Å². The minimum absolute atomic E-state index is 0.779. The Morgan fingerprint density at radius 2 is 0.621 bits per heavy atom. The molecule has 3 aromatic carbocycles. The van der Waals surface area contributed by atoms with Crippen LogP contribution in [0.15, 0.2) is 84.9 Å². The maximum Gasteiger partial charge on any atom is 0.119 e. The second-order valence-electron chi connectivity index (χ2n) is 16.4. The van der Waals surface area contributed by atoms with Crippen LogP contribution in [-0.4, -0.2) is 33.6 Å². The molecule has 0 bridgehead atoms. The molecule has 6 heteroatoms. The highest BCUT2D eigenvalue weighted by Gasteiger charge is 2.10. The molecule has 314 valence electrons. The monoisotopic (exact) mass is 787 g/mol. The zero-order valence-electron chi connectivity index (χ0n) is 36.2. The van der Waals surface area contributed by atoms with Gasteiger partial charge in [-0.25, -0.2) is 0 Å². The lowest BCUT2D eigenvalue weighted by molar-refractivity contribution is 0.304. The molecule has 6 nitrogen and oxygen atoms in total. The van der Waals surface area contributed by atoms with Crippen molar-refractivity contribution in [2.45, 2.75) is 168 Å². The van der Waals surface area contributed by atoms with Crippen molar-refractivity contribution in [3.05, 3.63) is 84.9 Å². The van der Waals surface area contributed by atoms with Crippen LogP contribution in [0.25, 0.3) is 45.0 Å². The van der Waals surface area contributed by atoms with Crippen LogP contribution in [0.3, 0.4) is 0 Å². The van der Waals surface area contributed by atoms with Gasteiger partial charge in [0.15, 0.2) is 0 Å². The Bertz CT molecular complexity index is 1630. The zero-order chi connectivity index (χ0) is 40.3. The van der Waals surface area contributed by atoms with Crippen molar-refractivity contribution in [3.63, 3.8) is 0 Å². The summed E-state index contributed by atoms with van der Waals surface area (Å²) < 4.78 is 12.1. The first-order valence-electron chi connectivity index (χ1n) is 23.4. The van der Waals surface area contributed by atoms with E-state index < -0.39 is 0 Å². The molecule has 2 aromatic heterocycles. The summed E-state index contributed by atoms with van der Waals surface area (Å²) in [6.45, 7) is 6.13. The van der Waals surface area contributed by atoms with Crippen molar-refractivity contribution >= 4 is 0 Å². The van der Waals surface area contributed by atoms with Gasteiger partial charge in [-0.15, -0.1) is 0 Å². The molecule has 0 amide bonds. The number of nitrogens with zero attached hydrogens (tertiary/aromatic N) is 2. The third-order valence-electron chi connectivity index (χ3n) is 11.5. The van der Waals surface area contributed by atoms with Crippen LogP contribution < -0.4 is 9.47 Å². The average molecular weight is 787 g/mol. The molecular weight excluding hydrogens is 713 g/mol. The number of unbranched alkanes of at least 4 members (excludes halogenated alkanes) is 22. The van der Waals surface area contributed by atoms with E-state index in [0.717, 1.165) is 82.6 Å². The van der Waals surface area contributed by atoms with E-state index in [1.165, 1.54) is 141 Å². The van der Waals surface area contributed by atoms with Crippen LogP contribution in [0.1, 0.15) is 168 Å². The molecule has 5 rings (SSSR count). The predicted molar refractivity (Wildman–Crippen MR) is 246 cm³/mol. The maximum atomic E-state index is 6.04. The molecule has 0 aliphatic carbocycles. The quantitative estimate of drug-likeness (QED) is 0.0426. The molecule has 0 spiro atoms. The molecule has 0 aliphatic rings. The summed E-state index contributed by atoms with van der Waals surface area (Å²) in [7, 11) is 0. The minimum atomic E-state index is 0.779. The first-order chi connectivity index (χ1) is 28.7. The van der Waals surface area contributed by atoms with Crippen LogP contribution in [0.2, 0.25) is 0 Å². The summed E-state index contributed by atoms with van der Waals surface area (Å²) in [6, 6.07) is 29.3. The predicted octanol–water partition coefficient (Wildman–Crippen LogP) is 16.0. The average Bonchev–Trinajstić information content (AvgIpc) is 3.97. The van der Waals surface area contributed by atoms with Gasteiger partial charge in [0.2, 0.25) is 0 Å². The number of benzene rings is 3. The molecule has 2 heterocycles. The van der Waals surface area contributed by atoms with Gasteiger partial charge in [-0.2, -0.15) is 10.2 Å². The van der Waals surface area contributed by atoms with Crippen LogP contribution in [0.5, 0.6) is 11.5 Å². The fraction of sp³-hybridized carbons (Fsp3) is 0.538. The standard InChI is InChI=1S/C52H74N4O2/c1-3-5-7-9-11-13-15-17-19-21-23-25-39-57-47-35-31-45(32-36-47)51-41-49(53-55-51)43-27-29-44(30-28-43)50-42-52(56-54-50)46-33-37-48(38-34-46)58-40-26-24-22-20-18-16-14-12-10-8-6-4-2/h27-38,41-42H,3-26,39-40H2,1-2H3,(H,53,55)(H,54,56). The summed E-state index contributed by atoms with van der Waals surface area (Å²) in [5, 5.41) is 15.7. The van der Waals surface area contributed by atoms with Gasteiger partial charge in [-0.05, 0) is 84.6 Å². The lowest BCUT2D eigenvalue weighted by atomic mass is 10.0. The number of aromatic nitrogens is 4. The lowest BCUT2D eigenvalue weighted by Gasteiger charge is -2.07. The van der Waals surface area contributed by atoms with Gasteiger partial charge in [-0.3, -0.25) is 10.2 Å². The van der Waals surface area contributed by atoms with Gasteiger partial charge >= 0.3 is 0 Å². The zero-order valence-corrected chi connectivity index (χ0v) is 36.2. The van der Waals surface area contributed by atoms with Crippen LogP contribution in [-0.2, 0) is 0 Å². The summed E-state index contributed by atoms with van der Waals surface area (Å²) >= 11 is 0. The summed E-state index contributed by atoms with van der Waals surface area (Å²) in [5.74, 6) is 1.85. The van der Waals surface area contributed by atoms with Gasteiger partial charge < -0.3 is 9.47 Å². The molecule has 58 heavy (non-hydrogen) atoms. The highest BCUT2D eigenvalue weighted by atomic mass is 16.5. The second-order valence-corrected chi connectivity index (χ2v) is 16.4. The number of aromatic amines is 2. The Balaban J connectivity index is 0.958. The van der Waals surface area contributed by atoms with Crippen molar-refractivity contribution in [1.29, 1.82) is 0 Å². The van der Waals surface area contributed by atoms with E-state index in [9.17, 15) is 0 Å². The largest absolute Gasteiger partial charge is 0.494 e. The van der Waals surface area contributed by atoms with E-state index in [1.807, 2.05) is 0 Å². The van der Waals surface area contributed by atoms with Crippen molar-refractivity contribution in [2.24, 2.45) is 0 Å². The van der Waals surface area contributed by atoms with Gasteiger partial charge in [0.1, 0.15) is 11.5 Å². The second kappa shape index (κ2) is 27.4. The number of rotatable bonds is 32. The fourth-order valence-corrected chi connectivity index (χ4v) is 7.77. The third-order valence-corrected chi connectivity index (χ3v) is 11.5. The minimum Gasteiger partial charge on any atom is -0.494 e. The van der Waals surface area contributed by atoms with E-state index in [0.29, 0.717) is 0 Å². The first-order valence-corrected chi connectivity index (χ1v) is 23.4. The van der Waals surface area contributed by atoms with E-state index >= 15 is 0 Å². The van der Waals surface area contributed by atoms with Crippen molar-refractivity contribution in [1.82, 2.24) is 20.4 Å². The number of hydrogen-bond donors (Lipinski definition) is 2. The molecule has 2 N–H and O–H groups in total. The summed E-state index contributed by atoms with van der Waals surface area (Å²) in [4.78, 5) is 0. The smallest absolute Gasteiger partial charge is 0.119 e. The molecule has 0 unspecified atom stereocenters. The molecule has 0 radical (unpaired) electrons. The Morgan fingerprint density at radius 1 is 0.345 bits per heavy atom. The molecule has 0 saturated carbocycles. The van der Waals surface area contributed by atoms with Crippen LogP contribution >= 0.6 is 0 Å². The molecule has 0 atom stereocenters. The molecule has 5 aromatic rings. The highest BCUT2D eigenvalue weighted by molar-refractivity contribution is 5.73. The van der Waals surface area contributed by atoms with Gasteiger partial charge in [0.25, 0.3) is 0 Å². The highest BCUT2D eigenvalue weighted by Crippen LogP contribution is 2.29. The molecule has 0 aliphatic heterocycles. The number of hydrogen-bond acceptors (Lipinski definition) is 4. The molecule has 0 saturated heterocycles. The van der Waals surface area contributed by atoms with E-state index in [-0.39, 0.29) is 0 Å². The van der Waals surface area contributed by atoms with E-state index in [1.54, 1.807) is 0 Å². The summed E-state index contributed by atoms with van der Waals surface area (Å²) in [6.07, 6.45) is 32.5. The third kappa shape index (κ3) is 16.5. The maximum absolute atomic E-state index is 6.04. The lowest BCUT2D eigenvalue weighted by Crippen LogP contribution is -1.97. The Kier molecular flexibility index (Phi) is 21.1. The molecular formula is C52H74N4O2. The van der Waals surface area contributed by atoms with Crippen molar-refractivity contribution in [2.75, 3.05) is 13.2 Å². The Morgan fingerprint density at radius 3 is 0.931 bits per heavy atom. The van der Waals surface area contributed by atoms with Crippen molar-refractivity contribution < 1.29 is 9.47 Å². The normalized spacial score (nSPS) is 11.3. The fourth-order valence-electron chi connectivity index (χ4n) is 7.77. The number of ether oxygens (including phenoxy) is 2. The first kappa shape index (κ1) is 44.8. The number of H-pyrrole nitrogens is 2. The summed E-state index contributed by atoms with van der Waals surface area (Å²) in [5.41, 5.74) is 8.13. The molecule has 0 fully saturated rings. The van der Waals surface area contributed by atoms with Crippen molar-refractivity contribution in [3.8, 4) is 56.5 Å². The van der Waals surface area contributed by atoms with Gasteiger partial charge in [-0.1, -0.05) is 179 Å². The van der Waals surface area contributed by atoms with Gasteiger partial charge in [0, 0.05) is 11.1 Å². The van der Waals surface area contributed by atoms with E-state index in [4.69, 9.17) is 9.47 Å². The number of nitrogens with one attached hydrogen (secondary N) is 2. The topological polar surface area (TPSA) is 75.8 Å². The van der Waals surface area contributed by atoms with Crippen LogP contribution in [0.4, 0.5) is 0 Å².